The van der Waals surface area contributed by atoms with E-state index in [1.165, 1.54) is 43.4 Å². The molecule has 0 amide bonds. The highest BCUT2D eigenvalue weighted by atomic mass is 35.5. The molecule has 112 valence electrons. The van der Waals surface area contributed by atoms with E-state index in [0.29, 0.717) is 6.04 Å². The number of rotatable bonds is 5. The lowest BCUT2D eigenvalue weighted by molar-refractivity contribution is 0.313. The zero-order valence-electron chi connectivity index (χ0n) is 13.0. The number of nitrogens with one attached hydrogen (secondary N) is 1. The Morgan fingerprint density at radius 3 is 2.55 bits per heavy atom. The van der Waals surface area contributed by atoms with Crippen LogP contribution in [-0.4, -0.2) is 20.1 Å². The summed E-state index contributed by atoms with van der Waals surface area (Å²) in [6.45, 7) is 3.14. The third-order valence-corrected chi connectivity index (χ3v) is 5.12. The summed E-state index contributed by atoms with van der Waals surface area (Å²) >= 11 is 6.37. The highest BCUT2D eigenvalue weighted by Gasteiger charge is 2.24. The molecule has 0 heterocycles. The topological polar surface area (TPSA) is 15.3 Å². The molecular formula is C17H27ClN2. The molecule has 1 aliphatic rings. The predicted molar refractivity (Wildman–Crippen MR) is 88.7 cm³/mol. The van der Waals surface area contributed by atoms with Crippen LogP contribution in [0.15, 0.2) is 18.2 Å². The van der Waals surface area contributed by atoms with Gasteiger partial charge in [-0.15, -0.1) is 0 Å². The Bertz CT molecular complexity index is 425. The van der Waals surface area contributed by atoms with Crippen LogP contribution in [0.5, 0.6) is 0 Å². The van der Waals surface area contributed by atoms with Gasteiger partial charge in [0.25, 0.3) is 0 Å². The molecule has 2 rings (SSSR count). The quantitative estimate of drug-likeness (QED) is 0.862. The normalized spacial score (nSPS) is 22.8. The van der Waals surface area contributed by atoms with Gasteiger partial charge in [0.1, 0.15) is 0 Å². The lowest BCUT2D eigenvalue weighted by atomic mass is 9.84. The van der Waals surface area contributed by atoms with Gasteiger partial charge in [0.15, 0.2) is 0 Å². The smallest absolute Gasteiger partial charge is 0.0471 e. The second-order valence-electron chi connectivity index (χ2n) is 5.96. The largest absolute Gasteiger partial charge is 0.371 e. The first kappa shape index (κ1) is 15.7. The molecule has 1 aromatic rings. The zero-order chi connectivity index (χ0) is 14.5. The summed E-state index contributed by atoms with van der Waals surface area (Å²) in [5.41, 5.74) is 2.50. The molecule has 0 atom stereocenters. The van der Waals surface area contributed by atoms with Gasteiger partial charge in [-0.25, -0.2) is 0 Å². The van der Waals surface area contributed by atoms with E-state index >= 15 is 0 Å². The van der Waals surface area contributed by atoms with E-state index in [1.54, 1.807) is 0 Å². The van der Waals surface area contributed by atoms with Crippen molar-refractivity contribution in [2.24, 2.45) is 5.92 Å². The van der Waals surface area contributed by atoms with Crippen molar-refractivity contribution in [3.8, 4) is 0 Å². The number of nitrogens with zero attached hydrogens (tertiary/aromatic N) is 1. The summed E-state index contributed by atoms with van der Waals surface area (Å²) in [7, 11) is 4.20. The highest BCUT2D eigenvalue weighted by molar-refractivity contribution is 6.31. The Labute approximate surface area is 128 Å². The average molecular weight is 295 g/mol. The fourth-order valence-corrected chi connectivity index (χ4v) is 3.60. The summed E-state index contributed by atoms with van der Waals surface area (Å²) in [5, 5.41) is 4.09. The van der Waals surface area contributed by atoms with E-state index in [1.807, 2.05) is 13.1 Å². The third-order valence-electron chi connectivity index (χ3n) is 4.77. The van der Waals surface area contributed by atoms with Gasteiger partial charge < -0.3 is 10.2 Å². The number of halogens is 1. The lowest BCUT2D eigenvalue weighted by Crippen LogP contribution is -2.36. The number of anilines is 1. The first-order chi connectivity index (χ1) is 9.67. The maximum atomic E-state index is 6.37. The summed E-state index contributed by atoms with van der Waals surface area (Å²) in [6, 6.07) is 6.90. The summed E-state index contributed by atoms with van der Waals surface area (Å²) in [6.07, 6.45) is 6.68. The first-order valence-electron chi connectivity index (χ1n) is 7.82. The molecule has 0 radical (unpaired) electrons. The SMILES string of the molecule is CCC1CCC(N(C)c2cccc(Cl)c2CNC)CC1. The van der Waals surface area contributed by atoms with Crippen molar-refractivity contribution in [2.75, 3.05) is 19.0 Å². The van der Waals surface area contributed by atoms with Crippen molar-refractivity contribution < 1.29 is 0 Å². The molecule has 0 aliphatic heterocycles. The minimum absolute atomic E-state index is 0.659. The number of hydrogen-bond acceptors (Lipinski definition) is 2. The minimum Gasteiger partial charge on any atom is -0.371 e. The van der Waals surface area contributed by atoms with Crippen LogP contribution in [0.4, 0.5) is 5.69 Å². The molecule has 0 saturated heterocycles. The second-order valence-corrected chi connectivity index (χ2v) is 6.37. The third kappa shape index (κ3) is 3.48. The molecule has 0 unspecified atom stereocenters. The molecule has 0 spiro atoms. The molecule has 20 heavy (non-hydrogen) atoms. The van der Waals surface area contributed by atoms with Crippen LogP contribution in [0.2, 0.25) is 5.02 Å². The zero-order valence-corrected chi connectivity index (χ0v) is 13.7. The van der Waals surface area contributed by atoms with Gasteiger partial charge in [-0.1, -0.05) is 31.0 Å². The van der Waals surface area contributed by atoms with E-state index in [9.17, 15) is 0 Å². The monoisotopic (exact) mass is 294 g/mol. The predicted octanol–water partition coefficient (Wildman–Crippen LogP) is 4.46. The molecule has 1 saturated carbocycles. The summed E-state index contributed by atoms with van der Waals surface area (Å²) < 4.78 is 0. The minimum atomic E-state index is 0.659. The maximum Gasteiger partial charge on any atom is 0.0471 e. The highest BCUT2D eigenvalue weighted by Crippen LogP contribution is 2.34. The Balaban J connectivity index is 2.13. The molecule has 2 nitrogen and oxygen atoms in total. The van der Waals surface area contributed by atoms with Crippen LogP contribution in [0, 0.1) is 5.92 Å². The Hall–Kier alpha value is -0.730. The van der Waals surface area contributed by atoms with Gasteiger partial charge in [0.2, 0.25) is 0 Å². The first-order valence-corrected chi connectivity index (χ1v) is 8.20. The van der Waals surface area contributed by atoms with Gasteiger partial charge >= 0.3 is 0 Å². The van der Waals surface area contributed by atoms with Gasteiger partial charge in [0.05, 0.1) is 0 Å². The number of hydrogen-bond donors (Lipinski definition) is 1. The van der Waals surface area contributed by atoms with E-state index < -0.39 is 0 Å². The van der Waals surface area contributed by atoms with Crippen LogP contribution >= 0.6 is 11.6 Å². The molecule has 1 aliphatic carbocycles. The molecular weight excluding hydrogens is 268 g/mol. The van der Waals surface area contributed by atoms with Gasteiger partial charge in [-0.05, 0) is 50.8 Å². The van der Waals surface area contributed by atoms with Gasteiger partial charge in [-0.3, -0.25) is 0 Å². The molecule has 3 heteroatoms. The van der Waals surface area contributed by atoms with Crippen molar-refractivity contribution in [3.63, 3.8) is 0 Å². The second kappa shape index (κ2) is 7.33. The lowest BCUT2D eigenvalue weighted by Gasteiger charge is -2.37. The van der Waals surface area contributed by atoms with Crippen molar-refractivity contribution in [2.45, 2.75) is 51.6 Å². The summed E-state index contributed by atoms with van der Waals surface area (Å²) in [5.74, 6) is 0.941. The van der Waals surface area contributed by atoms with Crippen molar-refractivity contribution >= 4 is 17.3 Å². The standard InChI is InChI=1S/C17H27ClN2/c1-4-13-8-10-14(11-9-13)20(3)17-7-5-6-16(18)15(17)12-19-2/h5-7,13-14,19H,4,8-12H2,1-3H3. The van der Waals surface area contributed by atoms with Crippen LogP contribution in [0.25, 0.3) is 0 Å². The number of benzene rings is 1. The molecule has 1 aromatic carbocycles. The maximum absolute atomic E-state index is 6.37. The van der Waals surface area contributed by atoms with Crippen LogP contribution in [0.3, 0.4) is 0 Å². The summed E-state index contributed by atoms with van der Waals surface area (Å²) in [4.78, 5) is 2.45. The fourth-order valence-electron chi connectivity index (χ4n) is 3.37. The Kier molecular flexibility index (Phi) is 5.74. The van der Waals surface area contributed by atoms with Crippen LogP contribution in [-0.2, 0) is 6.54 Å². The average Bonchev–Trinajstić information content (AvgIpc) is 2.49. The molecule has 0 aromatic heterocycles. The Morgan fingerprint density at radius 2 is 1.95 bits per heavy atom. The fraction of sp³-hybridized carbons (Fsp3) is 0.647. The van der Waals surface area contributed by atoms with Crippen molar-refractivity contribution in [3.05, 3.63) is 28.8 Å². The van der Waals surface area contributed by atoms with E-state index in [-0.39, 0.29) is 0 Å². The van der Waals surface area contributed by atoms with Crippen molar-refractivity contribution in [1.82, 2.24) is 5.32 Å². The van der Waals surface area contributed by atoms with E-state index in [0.717, 1.165) is 17.5 Å². The van der Waals surface area contributed by atoms with Crippen LogP contribution < -0.4 is 10.2 Å². The molecule has 1 fully saturated rings. The molecule has 1 N–H and O–H groups in total. The van der Waals surface area contributed by atoms with Gasteiger partial charge in [-0.2, -0.15) is 0 Å². The van der Waals surface area contributed by atoms with Gasteiger partial charge in [0, 0.05) is 35.9 Å². The van der Waals surface area contributed by atoms with Crippen molar-refractivity contribution in [1.29, 1.82) is 0 Å². The van der Waals surface area contributed by atoms with E-state index in [4.69, 9.17) is 11.6 Å². The van der Waals surface area contributed by atoms with Crippen LogP contribution in [0.1, 0.15) is 44.6 Å². The molecule has 0 bridgehead atoms. The Morgan fingerprint density at radius 1 is 1.25 bits per heavy atom. The van der Waals surface area contributed by atoms with E-state index in [2.05, 4.69) is 36.3 Å².